The van der Waals surface area contributed by atoms with Crippen LogP contribution in [0, 0.1) is 28.4 Å². The third kappa shape index (κ3) is 1.95. The maximum Gasteiger partial charge on any atom is 0.126 e. The molecule has 1 N–H and O–H groups in total. The van der Waals surface area contributed by atoms with Gasteiger partial charge < -0.3 is 5.11 Å². The Bertz CT molecular complexity index is 452. The van der Waals surface area contributed by atoms with E-state index in [4.69, 9.17) is 0 Å². The van der Waals surface area contributed by atoms with Crippen LogP contribution in [0.1, 0.15) is 33.3 Å². The van der Waals surface area contributed by atoms with Gasteiger partial charge in [0.2, 0.25) is 0 Å². The predicted molar refractivity (Wildman–Crippen MR) is 67.1 cm³/mol. The summed E-state index contributed by atoms with van der Waals surface area (Å²) in [7, 11) is 0. The van der Waals surface area contributed by atoms with E-state index in [-0.39, 0.29) is 28.7 Å². The SMILES string of the molecule is CC1(C)C(C(O)Cc2cc(F)ccc2F)C1(C)C. The molecule has 100 valence electrons. The molecule has 1 aromatic rings. The van der Waals surface area contributed by atoms with Crippen molar-refractivity contribution >= 4 is 0 Å². The van der Waals surface area contributed by atoms with E-state index in [1.165, 1.54) is 6.07 Å². The summed E-state index contributed by atoms with van der Waals surface area (Å²) in [6, 6.07) is 3.37. The second-order valence-electron chi connectivity index (χ2n) is 6.43. The Morgan fingerprint density at radius 2 is 1.72 bits per heavy atom. The summed E-state index contributed by atoms with van der Waals surface area (Å²) in [5.74, 6) is -0.799. The number of aliphatic hydroxyl groups excluding tert-OH is 1. The fourth-order valence-corrected chi connectivity index (χ4v) is 3.25. The van der Waals surface area contributed by atoms with Gasteiger partial charge in [0, 0.05) is 6.42 Å². The van der Waals surface area contributed by atoms with Gasteiger partial charge in [0.15, 0.2) is 0 Å². The summed E-state index contributed by atoms with van der Waals surface area (Å²) >= 11 is 0. The Morgan fingerprint density at radius 3 is 2.22 bits per heavy atom. The molecule has 0 aromatic heterocycles. The van der Waals surface area contributed by atoms with E-state index in [1.54, 1.807) is 0 Å². The molecule has 0 heterocycles. The Morgan fingerprint density at radius 1 is 1.17 bits per heavy atom. The molecule has 1 fully saturated rings. The van der Waals surface area contributed by atoms with Crippen molar-refractivity contribution in [3.05, 3.63) is 35.4 Å². The third-order valence-corrected chi connectivity index (χ3v) is 4.95. The van der Waals surface area contributed by atoms with Gasteiger partial charge in [-0.15, -0.1) is 0 Å². The smallest absolute Gasteiger partial charge is 0.126 e. The molecule has 1 atom stereocenters. The van der Waals surface area contributed by atoms with E-state index in [9.17, 15) is 13.9 Å². The van der Waals surface area contributed by atoms with Crippen molar-refractivity contribution in [3.8, 4) is 0 Å². The Labute approximate surface area is 107 Å². The second kappa shape index (κ2) is 4.02. The van der Waals surface area contributed by atoms with Crippen LogP contribution < -0.4 is 0 Å². The van der Waals surface area contributed by atoms with Gasteiger partial charge in [0.25, 0.3) is 0 Å². The molecule has 1 aromatic carbocycles. The fourth-order valence-electron chi connectivity index (χ4n) is 3.25. The number of rotatable bonds is 3. The zero-order valence-corrected chi connectivity index (χ0v) is 11.3. The molecule has 1 nitrogen and oxygen atoms in total. The number of aliphatic hydroxyl groups is 1. The van der Waals surface area contributed by atoms with Crippen LogP contribution >= 0.6 is 0 Å². The van der Waals surface area contributed by atoms with E-state index in [0.717, 1.165) is 12.1 Å². The average molecular weight is 254 g/mol. The van der Waals surface area contributed by atoms with Crippen molar-refractivity contribution in [1.29, 1.82) is 0 Å². The van der Waals surface area contributed by atoms with Crippen molar-refractivity contribution < 1.29 is 13.9 Å². The average Bonchev–Trinajstić information content (AvgIpc) is 2.63. The molecular weight excluding hydrogens is 234 g/mol. The number of halogens is 2. The molecule has 3 heteroatoms. The Hall–Kier alpha value is -0.960. The van der Waals surface area contributed by atoms with E-state index in [2.05, 4.69) is 27.7 Å². The molecule has 1 aliphatic rings. The zero-order valence-electron chi connectivity index (χ0n) is 11.3. The second-order valence-corrected chi connectivity index (χ2v) is 6.43. The maximum atomic E-state index is 13.5. The zero-order chi connectivity index (χ0) is 13.7. The molecule has 0 radical (unpaired) electrons. The normalized spacial score (nSPS) is 22.8. The van der Waals surface area contributed by atoms with Crippen LogP contribution in [0.5, 0.6) is 0 Å². The van der Waals surface area contributed by atoms with Gasteiger partial charge >= 0.3 is 0 Å². The molecule has 1 saturated carbocycles. The third-order valence-electron chi connectivity index (χ3n) is 4.95. The highest BCUT2D eigenvalue weighted by Crippen LogP contribution is 2.69. The summed E-state index contributed by atoms with van der Waals surface area (Å²) in [4.78, 5) is 0. The largest absolute Gasteiger partial charge is 0.392 e. The van der Waals surface area contributed by atoms with E-state index in [0.29, 0.717) is 0 Å². The van der Waals surface area contributed by atoms with Gasteiger partial charge in [-0.05, 0) is 40.5 Å². The highest BCUT2D eigenvalue weighted by Gasteiger charge is 2.66. The first-order valence-electron chi connectivity index (χ1n) is 6.30. The highest BCUT2D eigenvalue weighted by atomic mass is 19.1. The van der Waals surface area contributed by atoms with Crippen LogP contribution in [-0.2, 0) is 6.42 Å². The molecule has 1 unspecified atom stereocenters. The first-order chi connectivity index (χ1) is 8.18. The maximum absolute atomic E-state index is 13.5. The lowest BCUT2D eigenvalue weighted by Gasteiger charge is -2.13. The van der Waals surface area contributed by atoms with Gasteiger partial charge in [-0.1, -0.05) is 27.7 Å². The molecule has 1 aliphatic carbocycles. The van der Waals surface area contributed by atoms with Gasteiger partial charge in [0.05, 0.1) is 6.10 Å². The molecule has 18 heavy (non-hydrogen) atoms. The molecular formula is C15H20F2O. The predicted octanol–water partition coefficient (Wildman–Crippen LogP) is 3.55. The molecule has 0 saturated heterocycles. The van der Waals surface area contributed by atoms with E-state index >= 15 is 0 Å². The minimum Gasteiger partial charge on any atom is -0.392 e. The van der Waals surface area contributed by atoms with Crippen molar-refractivity contribution in [1.82, 2.24) is 0 Å². The number of benzene rings is 1. The molecule has 0 aliphatic heterocycles. The lowest BCUT2D eigenvalue weighted by atomic mass is 9.99. The van der Waals surface area contributed by atoms with E-state index < -0.39 is 17.7 Å². The van der Waals surface area contributed by atoms with Gasteiger partial charge in [-0.2, -0.15) is 0 Å². The van der Waals surface area contributed by atoms with Crippen LogP contribution in [0.2, 0.25) is 0 Å². The summed E-state index contributed by atoms with van der Waals surface area (Å²) in [6.07, 6.45) is -0.465. The summed E-state index contributed by atoms with van der Waals surface area (Å²) < 4.78 is 26.6. The van der Waals surface area contributed by atoms with Crippen LogP contribution in [-0.4, -0.2) is 11.2 Å². The minimum absolute atomic E-state index is 0.0379. The summed E-state index contributed by atoms with van der Waals surface area (Å²) in [5, 5.41) is 10.2. The quantitative estimate of drug-likeness (QED) is 0.874. The van der Waals surface area contributed by atoms with E-state index in [1.807, 2.05) is 0 Å². The van der Waals surface area contributed by atoms with Crippen LogP contribution in [0.4, 0.5) is 8.78 Å². The van der Waals surface area contributed by atoms with Crippen LogP contribution in [0.25, 0.3) is 0 Å². The summed E-state index contributed by atoms with van der Waals surface area (Å²) in [5.41, 5.74) is 0.327. The molecule has 0 amide bonds. The monoisotopic (exact) mass is 254 g/mol. The topological polar surface area (TPSA) is 20.2 Å². The molecule has 2 rings (SSSR count). The highest BCUT2D eigenvalue weighted by molar-refractivity contribution is 5.22. The summed E-state index contributed by atoms with van der Waals surface area (Å²) in [6.45, 7) is 8.40. The molecule has 0 bridgehead atoms. The number of hydrogen-bond acceptors (Lipinski definition) is 1. The lowest BCUT2D eigenvalue weighted by Crippen LogP contribution is -2.18. The van der Waals surface area contributed by atoms with Crippen LogP contribution in [0.3, 0.4) is 0 Å². The van der Waals surface area contributed by atoms with Crippen molar-refractivity contribution in [2.75, 3.05) is 0 Å². The first-order valence-corrected chi connectivity index (χ1v) is 6.30. The Balaban J connectivity index is 2.14. The van der Waals surface area contributed by atoms with Crippen LogP contribution in [0.15, 0.2) is 18.2 Å². The van der Waals surface area contributed by atoms with Gasteiger partial charge in [-0.3, -0.25) is 0 Å². The fraction of sp³-hybridized carbons (Fsp3) is 0.600. The number of hydrogen-bond donors (Lipinski definition) is 1. The Kier molecular flexibility index (Phi) is 3.01. The van der Waals surface area contributed by atoms with Gasteiger partial charge in [0.1, 0.15) is 11.6 Å². The van der Waals surface area contributed by atoms with Gasteiger partial charge in [-0.25, -0.2) is 8.78 Å². The lowest BCUT2D eigenvalue weighted by molar-refractivity contribution is 0.128. The van der Waals surface area contributed by atoms with Crippen molar-refractivity contribution in [2.45, 2.75) is 40.2 Å². The first kappa shape index (κ1) is 13.5. The van der Waals surface area contributed by atoms with Crippen molar-refractivity contribution in [2.24, 2.45) is 16.7 Å². The standard InChI is InChI=1S/C15H20F2O/c1-14(2)13(15(14,3)4)12(18)8-9-7-10(16)5-6-11(9)17/h5-7,12-13,18H,8H2,1-4H3. The molecule has 0 spiro atoms. The minimum atomic E-state index is -0.633. The van der Waals surface area contributed by atoms with Crippen molar-refractivity contribution in [3.63, 3.8) is 0 Å².